The predicted molar refractivity (Wildman–Crippen MR) is 61.7 cm³/mol. The van der Waals surface area contributed by atoms with Crippen LogP contribution in [-0.2, 0) is 14.3 Å². The average molecular weight is 224 g/mol. The van der Waals surface area contributed by atoms with Gasteiger partial charge < -0.3 is 4.74 Å². The third-order valence-corrected chi connectivity index (χ3v) is 2.79. The fourth-order valence-electron chi connectivity index (χ4n) is 2.08. The molecule has 0 saturated carbocycles. The summed E-state index contributed by atoms with van der Waals surface area (Å²) in [5.74, 6) is 0.654. The Bertz CT molecular complexity index is 292. The van der Waals surface area contributed by atoms with Gasteiger partial charge in [0.05, 0.1) is 0 Å². The lowest BCUT2D eigenvalue weighted by Gasteiger charge is -2.20. The predicted octanol–water partition coefficient (Wildman–Crippen LogP) is 2.99. The molecular formula is C13H20O3. The lowest BCUT2D eigenvalue weighted by molar-refractivity contribution is -0.137. The third kappa shape index (κ3) is 4.60. The normalized spacial score (nSPS) is 20.5. The van der Waals surface area contributed by atoms with Crippen LogP contribution in [0.5, 0.6) is 0 Å². The van der Waals surface area contributed by atoms with Gasteiger partial charge in [-0.05, 0) is 12.3 Å². The Hall–Kier alpha value is -1.12. The number of ether oxygens (including phenoxy) is 1. The van der Waals surface area contributed by atoms with E-state index < -0.39 is 0 Å². The summed E-state index contributed by atoms with van der Waals surface area (Å²) >= 11 is 0. The number of ketones is 1. The summed E-state index contributed by atoms with van der Waals surface area (Å²) in [5, 5.41) is 0. The number of carbonyl (C=O) groups is 2. The van der Waals surface area contributed by atoms with E-state index in [1.54, 1.807) is 0 Å². The van der Waals surface area contributed by atoms with E-state index in [4.69, 9.17) is 4.74 Å². The quantitative estimate of drug-likeness (QED) is 0.532. The van der Waals surface area contributed by atoms with Crippen LogP contribution in [0.4, 0.5) is 0 Å². The van der Waals surface area contributed by atoms with E-state index >= 15 is 0 Å². The highest BCUT2D eigenvalue weighted by molar-refractivity contribution is 5.91. The maximum atomic E-state index is 11.4. The van der Waals surface area contributed by atoms with Crippen LogP contribution in [0.25, 0.3) is 0 Å². The molecule has 0 aromatic heterocycles. The third-order valence-electron chi connectivity index (χ3n) is 2.79. The lowest BCUT2D eigenvalue weighted by atomic mass is 9.88. The van der Waals surface area contributed by atoms with E-state index in [-0.39, 0.29) is 11.8 Å². The molecule has 0 N–H and O–H groups in total. The van der Waals surface area contributed by atoms with Crippen LogP contribution in [0.1, 0.15) is 52.4 Å². The van der Waals surface area contributed by atoms with Crippen LogP contribution in [0, 0.1) is 5.92 Å². The van der Waals surface area contributed by atoms with Crippen molar-refractivity contribution < 1.29 is 14.3 Å². The van der Waals surface area contributed by atoms with Gasteiger partial charge in [0, 0.05) is 25.8 Å². The zero-order valence-electron chi connectivity index (χ0n) is 10.1. The second-order valence-corrected chi connectivity index (χ2v) is 4.44. The highest BCUT2D eigenvalue weighted by Gasteiger charge is 2.21. The molecule has 0 saturated heterocycles. The topological polar surface area (TPSA) is 43.4 Å². The summed E-state index contributed by atoms with van der Waals surface area (Å²) in [6.07, 6.45) is 7.41. The maximum Gasteiger partial charge on any atom is 0.307 e. The summed E-state index contributed by atoms with van der Waals surface area (Å²) in [4.78, 5) is 22.2. The van der Waals surface area contributed by atoms with Crippen LogP contribution >= 0.6 is 0 Å². The van der Waals surface area contributed by atoms with E-state index in [1.165, 1.54) is 25.8 Å². The molecule has 1 aliphatic carbocycles. The van der Waals surface area contributed by atoms with Gasteiger partial charge in [0.1, 0.15) is 5.76 Å². The summed E-state index contributed by atoms with van der Waals surface area (Å²) in [6.45, 7) is 3.53. The zero-order valence-corrected chi connectivity index (χ0v) is 10.1. The Kier molecular flexibility index (Phi) is 5.23. The molecule has 0 unspecified atom stereocenters. The molecule has 0 heterocycles. The van der Waals surface area contributed by atoms with Crippen molar-refractivity contribution in [2.24, 2.45) is 5.92 Å². The molecule has 3 nitrogen and oxygen atoms in total. The Balaban J connectivity index is 2.44. The van der Waals surface area contributed by atoms with E-state index in [0.29, 0.717) is 18.1 Å². The lowest BCUT2D eigenvalue weighted by Crippen LogP contribution is -2.16. The SMILES string of the molecule is CCCCC[C@@H]1CC(=O)C=C(OC(C)=O)C1. The first-order valence-corrected chi connectivity index (χ1v) is 6.03. The fourth-order valence-corrected chi connectivity index (χ4v) is 2.08. The largest absolute Gasteiger partial charge is 0.431 e. The zero-order chi connectivity index (χ0) is 12.0. The van der Waals surface area contributed by atoms with Gasteiger partial charge in [-0.2, -0.15) is 0 Å². The molecule has 3 heteroatoms. The van der Waals surface area contributed by atoms with E-state index in [1.807, 2.05) is 0 Å². The molecule has 90 valence electrons. The van der Waals surface area contributed by atoms with Crippen LogP contribution in [-0.4, -0.2) is 11.8 Å². The molecule has 0 spiro atoms. The monoisotopic (exact) mass is 224 g/mol. The molecule has 0 radical (unpaired) electrons. The minimum atomic E-state index is -0.340. The molecule has 1 atom stereocenters. The number of allylic oxidation sites excluding steroid dienone is 2. The Morgan fingerprint density at radius 2 is 2.19 bits per heavy atom. The molecule has 0 amide bonds. The second-order valence-electron chi connectivity index (χ2n) is 4.44. The Morgan fingerprint density at radius 3 is 2.81 bits per heavy atom. The standard InChI is InChI=1S/C13H20O3/c1-3-4-5-6-11-7-12(15)9-13(8-11)16-10(2)14/h9,11H,3-8H2,1-2H3/t11-/m1/s1. The molecule has 1 aliphatic rings. The van der Waals surface area contributed by atoms with Crippen molar-refractivity contribution in [3.8, 4) is 0 Å². The van der Waals surface area contributed by atoms with Gasteiger partial charge >= 0.3 is 5.97 Å². The minimum Gasteiger partial charge on any atom is -0.431 e. The number of rotatable bonds is 5. The first kappa shape index (κ1) is 12.9. The van der Waals surface area contributed by atoms with Crippen molar-refractivity contribution in [3.63, 3.8) is 0 Å². The molecular weight excluding hydrogens is 204 g/mol. The van der Waals surface area contributed by atoms with Crippen molar-refractivity contribution >= 4 is 11.8 Å². The van der Waals surface area contributed by atoms with Crippen molar-refractivity contribution in [2.75, 3.05) is 0 Å². The average Bonchev–Trinajstić information content (AvgIpc) is 2.16. The number of unbranched alkanes of at least 4 members (excludes halogenated alkanes) is 2. The van der Waals surface area contributed by atoms with E-state index in [2.05, 4.69) is 6.92 Å². The summed E-state index contributed by atoms with van der Waals surface area (Å²) in [7, 11) is 0. The van der Waals surface area contributed by atoms with E-state index in [0.717, 1.165) is 19.3 Å². The smallest absolute Gasteiger partial charge is 0.307 e. The molecule has 1 rings (SSSR count). The number of hydrogen-bond acceptors (Lipinski definition) is 3. The van der Waals surface area contributed by atoms with Gasteiger partial charge in [-0.15, -0.1) is 0 Å². The molecule has 0 aliphatic heterocycles. The number of esters is 1. The highest BCUT2D eigenvalue weighted by Crippen LogP contribution is 2.27. The molecule has 0 fully saturated rings. The second kappa shape index (κ2) is 6.46. The van der Waals surface area contributed by atoms with Crippen molar-refractivity contribution in [1.82, 2.24) is 0 Å². The number of carbonyl (C=O) groups excluding carboxylic acids is 2. The molecule has 0 aromatic rings. The van der Waals surface area contributed by atoms with Crippen molar-refractivity contribution in [1.29, 1.82) is 0 Å². The first-order chi connectivity index (χ1) is 7.61. The van der Waals surface area contributed by atoms with Crippen LogP contribution in [0.3, 0.4) is 0 Å². The Labute approximate surface area is 96.9 Å². The van der Waals surface area contributed by atoms with Gasteiger partial charge in [0.15, 0.2) is 5.78 Å². The van der Waals surface area contributed by atoms with Crippen LogP contribution in [0.2, 0.25) is 0 Å². The maximum absolute atomic E-state index is 11.4. The van der Waals surface area contributed by atoms with E-state index in [9.17, 15) is 9.59 Å². The van der Waals surface area contributed by atoms with Crippen LogP contribution in [0.15, 0.2) is 11.8 Å². The van der Waals surface area contributed by atoms with Gasteiger partial charge in [0.2, 0.25) is 0 Å². The highest BCUT2D eigenvalue weighted by atomic mass is 16.5. The number of hydrogen-bond donors (Lipinski definition) is 0. The summed E-state index contributed by atoms with van der Waals surface area (Å²) < 4.78 is 5.00. The molecule has 0 aromatic carbocycles. The van der Waals surface area contributed by atoms with Gasteiger partial charge in [-0.3, -0.25) is 9.59 Å². The van der Waals surface area contributed by atoms with Gasteiger partial charge in [-0.25, -0.2) is 0 Å². The minimum absolute atomic E-state index is 0.0870. The summed E-state index contributed by atoms with van der Waals surface area (Å²) in [5.41, 5.74) is 0. The summed E-state index contributed by atoms with van der Waals surface area (Å²) in [6, 6.07) is 0. The first-order valence-electron chi connectivity index (χ1n) is 6.03. The van der Waals surface area contributed by atoms with Crippen molar-refractivity contribution in [3.05, 3.63) is 11.8 Å². The van der Waals surface area contributed by atoms with Crippen LogP contribution < -0.4 is 0 Å². The fraction of sp³-hybridized carbons (Fsp3) is 0.692. The Morgan fingerprint density at radius 1 is 1.44 bits per heavy atom. The van der Waals surface area contributed by atoms with Gasteiger partial charge in [0.25, 0.3) is 0 Å². The molecule has 16 heavy (non-hydrogen) atoms. The van der Waals surface area contributed by atoms with Crippen molar-refractivity contribution in [2.45, 2.75) is 52.4 Å². The van der Waals surface area contributed by atoms with Gasteiger partial charge in [-0.1, -0.05) is 26.2 Å². The molecule has 0 bridgehead atoms.